The summed E-state index contributed by atoms with van der Waals surface area (Å²) in [5.41, 5.74) is 2.32. The molecule has 0 bridgehead atoms. The lowest BCUT2D eigenvalue weighted by molar-refractivity contribution is 0.102. The van der Waals surface area contributed by atoms with E-state index in [0.29, 0.717) is 22.7 Å². The van der Waals surface area contributed by atoms with Crippen LogP contribution in [0.3, 0.4) is 0 Å². The predicted octanol–water partition coefficient (Wildman–Crippen LogP) is 1.47. The smallest absolute Gasteiger partial charge is 0.276 e. The molecule has 0 aliphatic heterocycles. The Morgan fingerprint density at radius 1 is 1.47 bits per heavy atom. The molecule has 2 rings (SSSR count). The Bertz CT molecular complexity index is 593. The summed E-state index contributed by atoms with van der Waals surface area (Å²) in [6.07, 6.45) is 0. The summed E-state index contributed by atoms with van der Waals surface area (Å²) in [4.78, 5) is 11.9. The van der Waals surface area contributed by atoms with E-state index < -0.39 is 0 Å². The molecule has 0 unspecified atom stereocenters. The molecule has 3 N–H and O–H groups in total. The van der Waals surface area contributed by atoms with Crippen molar-refractivity contribution >= 4 is 11.6 Å². The molecule has 0 saturated heterocycles. The number of nitrogens with zero attached hydrogens (tertiary/aromatic N) is 1. The van der Waals surface area contributed by atoms with Gasteiger partial charge in [0, 0.05) is 16.9 Å². The Balaban J connectivity index is 2.17. The van der Waals surface area contributed by atoms with E-state index in [0.717, 1.165) is 5.69 Å². The largest absolute Gasteiger partial charge is 0.496 e. The van der Waals surface area contributed by atoms with Crippen molar-refractivity contribution in [2.24, 2.45) is 0 Å². The van der Waals surface area contributed by atoms with Crippen LogP contribution in [0, 0.1) is 6.92 Å². The van der Waals surface area contributed by atoms with Gasteiger partial charge >= 0.3 is 0 Å². The van der Waals surface area contributed by atoms with Gasteiger partial charge in [0.1, 0.15) is 5.75 Å². The van der Waals surface area contributed by atoms with Gasteiger partial charge in [-0.1, -0.05) is 0 Å². The molecule has 0 fully saturated rings. The molecule has 1 heterocycles. The summed E-state index contributed by atoms with van der Waals surface area (Å²) in [6.45, 7) is 1.66. The quantitative estimate of drug-likeness (QED) is 0.777. The topological polar surface area (TPSA) is 87.2 Å². The van der Waals surface area contributed by atoms with Crippen molar-refractivity contribution in [3.05, 3.63) is 41.2 Å². The molecular weight excluding hydrogens is 246 g/mol. The van der Waals surface area contributed by atoms with Crippen LogP contribution >= 0.6 is 0 Å². The van der Waals surface area contributed by atoms with E-state index in [9.17, 15) is 9.90 Å². The number of aliphatic hydroxyl groups excluding tert-OH is 1. The summed E-state index contributed by atoms with van der Waals surface area (Å²) in [6, 6.07) is 6.72. The molecule has 6 heteroatoms. The number of hydrogen-bond acceptors (Lipinski definition) is 4. The highest BCUT2D eigenvalue weighted by atomic mass is 16.5. The van der Waals surface area contributed by atoms with Crippen molar-refractivity contribution in [1.82, 2.24) is 10.2 Å². The molecule has 0 radical (unpaired) electrons. The van der Waals surface area contributed by atoms with Gasteiger partial charge in [-0.15, -0.1) is 0 Å². The Labute approximate surface area is 110 Å². The molecule has 100 valence electrons. The maximum Gasteiger partial charge on any atom is 0.276 e. The number of aliphatic hydroxyl groups is 1. The highest BCUT2D eigenvalue weighted by Gasteiger charge is 2.11. The number of methoxy groups -OCH3 is 1. The van der Waals surface area contributed by atoms with Crippen LogP contribution in [0.4, 0.5) is 5.69 Å². The van der Waals surface area contributed by atoms with Crippen LogP contribution < -0.4 is 10.1 Å². The van der Waals surface area contributed by atoms with E-state index in [1.165, 1.54) is 7.11 Å². The van der Waals surface area contributed by atoms with Crippen molar-refractivity contribution in [3.63, 3.8) is 0 Å². The molecule has 0 saturated carbocycles. The lowest BCUT2D eigenvalue weighted by atomic mass is 10.2. The number of aryl methyl sites for hydroxylation is 1. The number of H-pyrrole nitrogens is 1. The number of rotatable bonds is 4. The average molecular weight is 261 g/mol. The third-order valence-corrected chi connectivity index (χ3v) is 2.65. The zero-order chi connectivity index (χ0) is 13.8. The number of benzene rings is 1. The summed E-state index contributed by atoms with van der Waals surface area (Å²) in [7, 11) is 1.53. The Hall–Kier alpha value is -2.34. The second kappa shape index (κ2) is 5.53. The standard InChI is InChI=1S/C13H15N3O3/c1-8-5-11(16-15-8)13(18)14-10-3-4-12(19-2)9(6-10)7-17/h3-6,17H,7H2,1-2H3,(H,14,18)(H,15,16). The van der Waals surface area contributed by atoms with Crippen LogP contribution in [0.15, 0.2) is 24.3 Å². The second-order valence-electron chi connectivity index (χ2n) is 4.08. The number of nitrogens with one attached hydrogen (secondary N) is 2. The molecular formula is C13H15N3O3. The fourth-order valence-corrected chi connectivity index (χ4v) is 1.71. The average Bonchev–Trinajstić information content (AvgIpc) is 2.85. The fraction of sp³-hybridized carbons (Fsp3) is 0.231. The van der Waals surface area contributed by atoms with Crippen molar-refractivity contribution in [1.29, 1.82) is 0 Å². The first-order valence-electron chi connectivity index (χ1n) is 5.75. The van der Waals surface area contributed by atoms with E-state index >= 15 is 0 Å². The van der Waals surface area contributed by atoms with Gasteiger partial charge in [0.2, 0.25) is 0 Å². The SMILES string of the molecule is COc1ccc(NC(=O)c2cc(C)[nH]n2)cc1CO. The number of anilines is 1. The van der Waals surface area contributed by atoms with Crippen LogP contribution in [0.1, 0.15) is 21.7 Å². The van der Waals surface area contributed by atoms with Gasteiger partial charge in [0.15, 0.2) is 5.69 Å². The lowest BCUT2D eigenvalue weighted by Crippen LogP contribution is -2.12. The number of hydrogen-bond donors (Lipinski definition) is 3. The van der Waals surface area contributed by atoms with Crippen molar-refractivity contribution in [2.45, 2.75) is 13.5 Å². The molecule has 0 atom stereocenters. The van der Waals surface area contributed by atoms with E-state index in [1.807, 2.05) is 6.92 Å². The molecule has 19 heavy (non-hydrogen) atoms. The first kappa shape index (κ1) is 13.1. The fourth-order valence-electron chi connectivity index (χ4n) is 1.71. The van der Waals surface area contributed by atoms with Gasteiger partial charge in [-0.2, -0.15) is 5.10 Å². The van der Waals surface area contributed by atoms with Gasteiger partial charge in [-0.3, -0.25) is 9.89 Å². The number of carbonyl (C=O) groups is 1. The first-order valence-corrected chi connectivity index (χ1v) is 5.75. The van der Waals surface area contributed by atoms with E-state index in [1.54, 1.807) is 24.3 Å². The predicted molar refractivity (Wildman–Crippen MR) is 70.2 cm³/mol. The van der Waals surface area contributed by atoms with E-state index in [2.05, 4.69) is 15.5 Å². The Kier molecular flexibility index (Phi) is 3.82. The Morgan fingerprint density at radius 3 is 2.84 bits per heavy atom. The van der Waals surface area contributed by atoms with Crippen LogP contribution in [0.2, 0.25) is 0 Å². The summed E-state index contributed by atoms with van der Waals surface area (Å²) < 4.78 is 5.09. The molecule has 0 aliphatic carbocycles. The van der Waals surface area contributed by atoms with Gasteiger partial charge in [0.25, 0.3) is 5.91 Å². The molecule has 2 aromatic rings. The maximum atomic E-state index is 11.9. The third-order valence-electron chi connectivity index (χ3n) is 2.65. The molecule has 0 spiro atoms. The third kappa shape index (κ3) is 2.92. The van der Waals surface area contributed by atoms with Gasteiger partial charge in [0.05, 0.1) is 13.7 Å². The van der Waals surface area contributed by atoms with Crippen molar-refractivity contribution < 1.29 is 14.6 Å². The van der Waals surface area contributed by atoms with Gasteiger partial charge < -0.3 is 15.2 Å². The summed E-state index contributed by atoms with van der Waals surface area (Å²) in [5.74, 6) is 0.273. The molecule has 1 amide bonds. The lowest BCUT2D eigenvalue weighted by Gasteiger charge is -2.09. The minimum atomic E-state index is -0.307. The summed E-state index contributed by atoms with van der Waals surface area (Å²) >= 11 is 0. The molecule has 1 aromatic carbocycles. The van der Waals surface area contributed by atoms with Crippen LogP contribution in [0.25, 0.3) is 0 Å². The number of ether oxygens (including phenoxy) is 1. The van der Waals surface area contributed by atoms with E-state index in [-0.39, 0.29) is 12.5 Å². The number of amides is 1. The van der Waals surface area contributed by atoms with Gasteiger partial charge in [-0.05, 0) is 31.2 Å². The first-order chi connectivity index (χ1) is 9.13. The number of aromatic amines is 1. The second-order valence-corrected chi connectivity index (χ2v) is 4.08. The van der Waals surface area contributed by atoms with E-state index in [4.69, 9.17) is 4.74 Å². The normalized spacial score (nSPS) is 10.3. The molecule has 0 aliphatic rings. The van der Waals surface area contributed by atoms with Crippen LogP contribution in [0.5, 0.6) is 5.75 Å². The number of aromatic nitrogens is 2. The zero-order valence-corrected chi connectivity index (χ0v) is 10.7. The number of carbonyl (C=O) groups excluding carboxylic acids is 1. The van der Waals surface area contributed by atoms with Crippen LogP contribution in [-0.4, -0.2) is 28.3 Å². The summed E-state index contributed by atoms with van der Waals surface area (Å²) in [5, 5.41) is 18.5. The minimum Gasteiger partial charge on any atom is -0.496 e. The monoisotopic (exact) mass is 261 g/mol. The van der Waals surface area contributed by atoms with Crippen LogP contribution in [-0.2, 0) is 6.61 Å². The zero-order valence-electron chi connectivity index (χ0n) is 10.7. The van der Waals surface area contributed by atoms with Crippen molar-refractivity contribution in [2.75, 3.05) is 12.4 Å². The van der Waals surface area contributed by atoms with Gasteiger partial charge in [-0.25, -0.2) is 0 Å². The molecule has 1 aromatic heterocycles. The minimum absolute atomic E-state index is 0.158. The highest BCUT2D eigenvalue weighted by Crippen LogP contribution is 2.22. The molecule has 6 nitrogen and oxygen atoms in total. The Morgan fingerprint density at radius 2 is 2.26 bits per heavy atom. The van der Waals surface area contributed by atoms with Crippen molar-refractivity contribution in [3.8, 4) is 5.75 Å². The highest BCUT2D eigenvalue weighted by molar-refractivity contribution is 6.02. The maximum absolute atomic E-state index is 11.9.